The normalized spacial score (nSPS) is 13.9. The van der Waals surface area contributed by atoms with E-state index in [1.165, 1.54) is 12.1 Å². The zero-order valence-corrected chi connectivity index (χ0v) is 14.4. The second-order valence-corrected chi connectivity index (χ2v) is 6.39. The second-order valence-electron chi connectivity index (χ2n) is 5.94. The maximum atomic E-state index is 12.6. The van der Waals surface area contributed by atoms with Crippen molar-refractivity contribution >= 4 is 17.5 Å². The first-order valence-electron chi connectivity index (χ1n) is 7.84. The standard InChI is InChI=1S/C19H15ClF3NO2/c1-12(20)18(25)24-9-8-13-2-5-17(10-14(13)11-24)26-16-6-3-15(4-7-16)19(21,22)23/h2-7,10H,1,8-9,11H2. The fourth-order valence-electron chi connectivity index (χ4n) is 2.79. The average Bonchev–Trinajstić information content (AvgIpc) is 2.60. The van der Waals surface area contributed by atoms with Crippen LogP contribution in [0.4, 0.5) is 13.2 Å². The van der Waals surface area contributed by atoms with Crippen LogP contribution in [0.15, 0.2) is 54.1 Å². The van der Waals surface area contributed by atoms with Gasteiger partial charge in [0, 0.05) is 13.1 Å². The van der Waals surface area contributed by atoms with Crippen molar-refractivity contribution in [1.82, 2.24) is 4.90 Å². The lowest BCUT2D eigenvalue weighted by atomic mass is 9.99. The number of amides is 1. The van der Waals surface area contributed by atoms with Crippen molar-refractivity contribution in [2.24, 2.45) is 0 Å². The van der Waals surface area contributed by atoms with Gasteiger partial charge in [-0.05, 0) is 53.9 Å². The molecule has 2 aromatic carbocycles. The van der Waals surface area contributed by atoms with Gasteiger partial charge in [-0.1, -0.05) is 24.2 Å². The zero-order valence-electron chi connectivity index (χ0n) is 13.6. The average molecular weight is 382 g/mol. The molecule has 0 saturated carbocycles. The largest absolute Gasteiger partial charge is 0.457 e. The van der Waals surface area contributed by atoms with E-state index in [2.05, 4.69) is 6.58 Å². The highest BCUT2D eigenvalue weighted by Crippen LogP contribution is 2.32. The Kier molecular flexibility index (Phi) is 4.96. The molecule has 1 aliphatic heterocycles. The van der Waals surface area contributed by atoms with Crippen LogP contribution in [0, 0.1) is 0 Å². The minimum atomic E-state index is -4.38. The van der Waals surface area contributed by atoms with Gasteiger partial charge in [0.2, 0.25) is 0 Å². The van der Waals surface area contributed by atoms with Gasteiger partial charge >= 0.3 is 6.18 Å². The summed E-state index contributed by atoms with van der Waals surface area (Å²) in [6.07, 6.45) is -3.70. The van der Waals surface area contributed by atoms with Crippen LogP contribution in [0.3, 0.4) is 0 Å². The molecule has 1 amide bonds. The summed E-state index contributed by atoms with van der Waals surface area (Å²) in [6.45, 7) is 4.38. The third-order valence-corrected chi connectivity index (χ3v) is 4.29. The Morgan fingerprint density at radius 3 is 2.35 bits per heavy atom. The Morgan fingerprint density at radius 2 is 1.73 bits per heavy atom. The lowest BCUT2D eigenvalue weighted by molar-refractivity contribution is -0.137. The molecule has 2 aromatic rings. The van der Waals surface area contributed by atoms with Gasteiger partial charge in [-0.15, -0.1) is 0 Å². The molecule has 0 saturated heterocycles. The Bertz CT molecular complexity index is 847. The number of rotatable bonds is 3. The molecule has 0 aromatic heterocycles. The number of nitrogens with zero attached hydrogens (tertiary/aromatic N) is 1. The van der Waals surface area contributed by atoms with E-state index in [4.69, 9.17) is 16.3 Å². The van der Waals surface area contributed by atoms with E-state index in [1.54, 1.807) is 17.0 Å². The molecule has 0 radical (unpaired) electrons. The van der Waals surface area contributed by atoms with Crippen LogP contribution in [-0.4, -0.2) is 17.4 Å². The molecule has 1 aliphatic rings. The number of carbonyl (C=O) groups excluding carboxylic acids is 1. The molecule has 0 aliphatic carbocycles. The number of ether oxygens (including phenoxy) is 1. The van der Waals surface area contributed by atoms with Crippen molar-refractivity contribution in [2.45, 2.75) is 19.1 Å². The van der Waals surface area contributed by atoms with Gasteiger partial charge in [0.15, 0.2) is 0 Å². The molecule has 0 fully saturated rings. The number of alkyl halides is 3. The molecule has 26 heavy (non-hydrogen) atoms. The van der Waals surface area contributed by atoms with Crippen molar-refractivity contribution in [2.75, 3.05) is 6.54 Å². The minimum absolute atomic E-state index is 0.0365. The summed E-state index contributed by atoms with van der Waals surface area (Å²) in [4.78, 5) is 13.6. The zero-order chi connectivity index (χ0) is 18.9. The Balaban J connectivity index is 1.76. The molecular weight excluding hydrogens is 367 g/mol. The highest BCUT2D eigenvalue weighted by atomic mass is 35.5. The third-order valence-electron chi connectivity index (χ3n) is 4.13. The predicted molar refractivity (Wildman–Crippen MR) is 92.1 cm³/mol. The van der Waals surface area contributed by atoms with Crippen LogP contribution in [-0.2, 0) is 23.9 Å². The van der Waals surface area contributed by atoms with Crippen LogP contribution in [0.1, 0.15) is 16.7 Å². The van der Waals surface area contributed by atoms with Gasteiger partial charge < -0.3 is 9.64 Å². The molecule has 3 rings (SSSR count). The Hall–Kier alpha value is -2.47. The number of carbonyl (C=O) groups is 1. The maximum Gasteiger partial charge on any atom is 0.416 e. The number of hydrogen-bond donors (Lipinski definition) is 0. The van der Waals surface area contributed by atoms with Gasteiger partial charge in [-0.3, -0.25) is 4.79 Å². The second kappa shape index (κ2) is 7.03. The molecule has 7 heteroatoms. The van der Waals surface area contributed by atoms with Gasteiger partial charge in [-0.2, -0.15) is 13.2 Å². The summed E-state index contributed by atoms with van der Waals surface area (Å²) in [5.74, 6) is 0.477. The number of fused-ring (bicyclic) bond motifs is 1. The van der Waals surface area contributed by atoms with E-state index in [0.717, 1.165) is 23.3 Å². The van der Waals surface area contributed by atoms with Crippen molar-refractivity contribution < 1.29 is 22.7 Å². The summed E-state index contributed by atoms with van der Waals surface area (Å²) in [7, 11) is 0. The molecule has 0 spiro atoms. The van der Waals surface area contributed by atoms with Gasteiger partial charge in [-0.25, -0.2) is 0 Å². The highest BCUT2D eigenvalue weighted by Gasteiger charge is 2.30. The molecule has 0 bridgehead atoms. The summed E-state index contributed by atoms with van der Waals surface area (Å²) >= 11 is 5.68. The summed E-state index contributed by atoms with van der Waals surface area (Å²) in [5, 5.41) is -0.0365. The summed E-state index contributed by atoms with van der Waals surface area (Å²) in [6, 6.07) is 9.93. The first-order chi connectivity index (χ1) is 12.2. The third kappa shape index (κ3) is 4.02. The van der Waals surface area contributed by atoms with E-state index in [9.17, 15) is 18.0 Å². The van der Waals surface area contributed by atoms with E-state index < -0.39 is 11.7 Å². The van der Waals surface area contributed by atoms with Gasteiger partial charge in [0.05, 0.1) is 10.6 Å². The molecular formula is C19H15ClF3NO2. The van der Waals surface area contributed by atoms with Crippen LogP contribution in [0.5, 0.6) is 11.5 Å². The lowest BCUT2D eigenvalue weighted by Crippen LogP contribution is -2.35. The molecule has 136 valence electrons. The summed E-state index contributed by atoms with van der Waals surface area (Å²) in [5.41, 5.74) is 1.27. The van der Waals surface area contributed by atoms with Crippen molar-refractivity contribution in [3.8, 4) is 11.5 Å². The number of halogens is 4. The van der Waals surface area contributed by atoms with E-state index in [-0.39, 0.29) is 10.9 Å². The Labute approximate surface area is 153 Å². The van der Waals surface area contributed by atoms with E-state index in [0.29, 0.717) is 31.0 Å². The SMILES string of the molecule is C=C(Cl)C(=O)N1CCc2ccc(Oc3ccc(C(F)(F)F)cc3)cc2C1. The van der Waals surface area contributed by atoms with E-state index >= 15 is 0 Å². The molecule has 0 N–H and O–H groups in total. The van der Waals surface area contributed by atoms with Crippen molar-refractivity contribution in [1.29, 1.82) is 0 Å². The minimum Gasteiger partial charge on any atom is -0.457 e. The van der Waals surface area contributed by atoms with Crippen LogP contribution in [0.25, 0.3) is 0 Å². The van der Waals surface area contributed by atoms with E-state index in [1.807, 2.05) is 6.07 Å². The first-order valence-corrected chi connectivity index (χ1v) is 8.22. The fourth-order valence-corrected chi connectivity index (χ4v) is 2.91. The Morgan fingerprint density at radius 1 is 1.08 bits per heavy atom. The predicted octanol–water partition coefficient (Wildman–Crippen LogP) is 5.13. The van der Waals surface area contributed by atoms with Crippen LogP contribution in [0.2, 0.25) is 0 Å². The van der Waals surface area contributed by atoms with Gasteiger partial charge in [0.1, 0.15) is 11.5 Å². The first kappa shape index (κ1) is 18.3. The smallest absolute Gasteiger partial charge is 0.416 e. The topological polar surface area (TPSA) is 29.5 Å². The van der Waals surface area contributed by atoms with Crippen molar-refractivity contribution in [3.63, 3.8) is 0 Å². The summed E-state index contributed by atoms with van der Waals surface area (Å²) < 4.78 is 43.5. The number of hydrogen-bond acceptors (Lipinski definition) is 2. The fraction of sp³-hybridized carbons (Fsp3) is 0.211. The van der Waals surface area contributed by atoms with Crippen LogP contribution < -0.4 is 4.74 Å². The molecule has 0 atom stereocenters. The molecule has 3 nitrogen and oxygen atoms in total. The lowest BCUT2D eigenvalue weighted by Gasteiger charge is -2.28. The van der Waals surface area contributed by atoms with Crippen LogP contribution >= 0.6 is 11.6 Å². The number of benzene rings is 2. The molecule has 1 heterocycles. The molecule has 0 unspecified atom stereocenters. The highest BCUT2D eigenvalue weighted by molar-refractivity contribution is 6.41. The van der Waals surface area contributed by atoms with Crippen molar-refractivity contribution in [3.05, 3.63) is 70.8 Å². The monoisotopic (exact) mass is 381 g/mol. The maximum absolute atomic E-state index is 12.6. The van der Waals surface area contributed by atoms with Gasteiger partial charge in [0.25, 0.3) is 5.91 Å². The quantitative estimate of drug-likeness (QED) is 0.689.